The Morgan fingerprint density at radius 1 is 0.886 bits per heavy atom. The first-order valence-electron chi connectivity index (χ1n) is 11.3. The lowest BCUT2D eigenvalue weighted by Gasteiger charge is -2.34. The number of rotatable bonds is 5. The summed E-state index contributed by atoms with van der Waals surface area (Å²) < 4.78 is 26.8. The number of aldehydes is 1. The van der Waals surface area contributed by atoms with Gasteiger partial charge in [-0.25, -0.2) is 8.78 Å². The van der Waals surface area contributed by atoms with E-state index in [-0.39, 0.29) is 24.8 Å². The molecule has 3 aromatic carbocycles. The largest absolute Gasteiger partial charge is 0.333 e. The van der Waals surface area contributed by atoms with Crippen molar-refractivity contribution in [3.63, 3.8) is 0 Å². The third kappa shape index (κ3) is 4.30. The molecule has 4 aromatic rings. The molecule has 0 spiro atoms. The number of benzene rings is 3. The van der Waals surface area contributed by atoms with E-state index in [4.69, 9.17) is 0 Å². The number of carbonyl (C=O) groups excluding carboxylic acids is 2. The molecular formula is C29H23F2NO2S. The fourth-order valence-electron chi connectivity index (χ4n) is 4.36. The molecule has 176 valence electrons. The number of hydrogen-bond acceptors (Lipinski definition) is 3. The highest BCUT2D eigenvalue weighted by atomic mass is 32.1. The minimum Gasteiger partial charge on any atom is -0.333 e. The van der Waals surface area contributed by atoms with Crippen LogP contribution in [0.25, 0.3) is 32.7 Å². The summed E-state index contributed by atoms with van der Waals surface area (Å²) in [4.78, 5) is 27.2. The predicted molar refractivity (Wildman–Crippen MR) is 136 cm³/mol. The molecule has 0 aliphatic carbocycles. The van der Waals surface area contributed by atoms with Crippen LogP contribution in [0.1, 0.15) is 31.2 Å². The van der Waals surface area contributed by atoms with Gasteiger partial charge >= 0.3 is 0 Å². The average molecular weight is 488 g/mol. The van der Waals surface area contributed by atoms with Crippen LogP contribution in [0.4, 0.5) is 8.78 Å². The van der Waals surface area contributed by atoms with E-state index < -0.39 is 6.17 Å². The third-order valence-corrected chi connectivity index (χ3v) is 7.95. The average Bonchev–Trinajstić information content (AvgIpc) is 3.15. The van der Waals surface area contributed by atoms with Crippen molar-refractivity contribution in [1.29, 1.82) is 0 Å². The van der Waals surface area contributed by atoms with Crippen molar-refractivity contribution in [3.8, 4) is 32.7 Å². The standard InChI is InChI=1S/C29H23F2NO2S/c1-17-18(2)28(35-27(17)16-33)25-12-9-22(13-26(25)20-7-10-23(30)11-8-20)19-3-5-21(6-4-19)29(34)32-14-24(31)15-32/h3-13,16,24H,14-15H2,1-2H3. The monoisotopic (exact) mass is 487 g/mol. The molecule has 2 heterocycles. The smallest absolute Gasteiger partial charge is 0.254 e. The van der Waals surface area contributed by atoms with Gasteiger partial charge in [0.15, 0.2) is 6.29 Å². The van der Waals surface area contributed by atoms with E-state index in [1.165, 1.54) is 28.4 Å². The Kier molecular flexibility index (Phi) is 6.07. The SMILES string of the molecule is Cc1c(C=O)sc(-c2ccc(-c3ccc(C(=O)N4CC(F)C4)cc3)cc2-c2ccc(F)cc2)c1C. The molecule has 1 fully saturated rings. The van der Waals surface area contributed by atoms with Gasteiger partial charge in [0, 0.05) is 10.4 Å². The molecule has 35 heavy (non-hydrogen) atoms. The Labute approximate surface area is 206 Å². The predicted octanol–water partition coefficient (Wildman–Crippen LogP) is 7.11. The fraction of sp³-hybridized carbons (Fsp3) is 0.172. The van der Waals surface area contributed by atoms with E-state index in [9.17, 15) is 18.4 Å². The van der Waals surface area contributed by atoms with Crippen molar-refractivity contribution >= 4 is 23.5 Å². The number of hydrogen-bond donors (Lipinski definition) is 0. The van der Waals surface area contributed by atoms with E-state index in [2.05, 4.69) is 6.07 Å². The van der Waals surface area contributed by atoms with E-state index in [1.807, 2.05) is 38.1 Å². The number of halogens is 2. The van der Waals surface area contributed by atoms with Gasteiger partial charge in [-0.15, -0.1) is 11.3 Å². The van der Waals surface area contributed by atoms with E-state index in [1.54, 1.807) is 24.3 Å². The summed E-state index contributed by atoms with van der Waals surface area (Å²) in [6, 6.07) is 19.8. The quantitative estimate of drug-likeness (QED) is 0.281. The van der Waals surface area contributed by atoms with E-state index >= 15 is 0 Å². The minimum atomic E-state index is -0.931. The van der Waals surface area contributed by atoms with Crippen molar-refractivity contribution in [2.45, 2.75) is 20.0 Å². The van der Waals surface area contributed by atoms with Crippen LogP contribution in [0.15, 0.2) is 66.7 Å². The highest BCUT2D eigenvalue weighted by Gasteiger charge is 2.30. The van der Waals surface area contributed by atoms with Crippen LogP contribution in [-0.4, -0.2) is 36.4 Å². The topological polar surface area (TPSA) is 37.4 Å². The van der Waals surface area contributed by atoms with Crippen LogP contribution in [0.3, 0.4) is 0 Å². The van der Waals surface area contributed by atoms with Crippen LogP contribution >= 0.6 is 11.3 Å². The van der Waals surface area contributed by atoms with Crippen LogP contribution in [0.2, 0.25) is 0 Å². The van der Waals surface area contributed by atoms with Gasteiger partial charge in [-0.2, -0.15) is 0 Å². The molecular weight excluding hydrogens is 464 g/mol. The normalized spacial score (nSPS) is 13.5. The van der Waals surface area contributed by atoms with E-state index in [0.29, 0.717) is 10.4 Å². The lowest BCUT2D eigenvalue weighted by molar-refractivity contribution is 0.0400. The molecule has 1 aromatic heterocycles. The number of alkyl halides is 1. The summed E-state index contributed by atoms with van der Waals surface area (Å²) in [5.41, 5.74) is 7.20. The summed E-state index contributed by atoms with van der Waals surface area (Å²) in [6.45, 7) is 4.25. The van der Waals surface area contributed by atoms with E-state index in [0.717, 1.165) is 50.1 Å². The maximum Gasteiger partial charge on any atom is 0.254 e. The molecule has 1 aliphatic rings. The van der Waals surface area contributed by atoms with Crippen LogP contribution in [0, 0.1) is 19.7 Å². The molecule has 1 amide bonds. The highest BCUT2D eigenvalue weighted by molar-refractivity contribution is 7.17. The fourth-order valence-corrected chi connectivity index (χ4v) is 5.52. The maximum absolute atomic E-state index is 13.7. The molecule has 0 unspecified atom stereocenters. The van der Waals surface area contributed by atoms with Crippen LogP contribution in [0.5, 0.6) is 0 Å². The number of thiophene rings is 1. The van der Waals surface area contributed by atoms with Crippen LogP contribution < -0.4 is 0 Å². The zero-order valence-corrected chi connectivity index (χ0v) is 20.2. The zero-order valence-electron chi connectivity index (χ0n) is 19.3. The van der Waals surface area contributed by atoms with Crippen molar-refractivity contribution in [2.24, 2.45) is 0 Å². The van der Waals surface area contributed by atoms with Crippen molar-refractivity contribution in [2.75, 3.05) is 13.1 Å². The summed E-state index contributed by atoms with van der Waals surface area (Å²) in [5, 5.41) is 0. The Morgan fingerprint density at radius 2 is 1.51 bits per heavy atom. The Balaban J connectivity index is 1.56. The number of nitrogens with zero attached hydrogens (tertiary/aromatic N) is 1. The third-order valence-electron chi connectivity index (χ3n) is 6.60. The highest BCUT2D eigenvalue weighted by Crippen LogP contribution is 2.42. The van der Waals surface area contributed by atoms with Gasteiger partial charge in [0.2, 0.25) is 0 Å². The molecule has 0 N–H and O–H groups in total. The summed E-state index contributed by atoms with van der Waals surface area (Å²) >= 11 is 1.46. The van der Waals surface area contributed by atoms with Crippen LogP contribution in [-0.2, 0) is 0 Å². The maximum atomic E-state index is 13.7. The van der Waals surface area contributed by atoms with Gasteiger partial charge in [0.05, 0.1) is 18.0 Å². The van der Waals surface area contributed by atoms with Gasteiger partial charge in [0.1, 0.15) is 12.0 Å². The van der Waals surface area contributed by atoms with Crippen molar-refractivity contribution < 1.29 is 18.4 Å². The second-order valence-corrected chi connectivity index (χ2v) is 9.87. The molecule has 0 atom stereocenters. The van der Waals surface area contributed by atoms with Crippen molar-refractivity contribution in [3.05, 3.63) is 94.1 Å². The number of carbonyl (C=O) groups is 2. The summed E-state index contributed by atoms with van der Waals surface area (Å²) in [6.07, 6.45) is -0.0425. The lowest BCUT2D eigenvalue weighted by Crippen LogP contribution is -2.51. The van der Waals surface area contributed by atoms with Crippen molar-refractivity contribution in [1.82, 2.24) is 4.90 Å². The molecule has 0 radical (unpaired) electrons. The number of likely N-dealkylation sites (tertiary alicyclic amines) is 1. The first kappa shape index (κ1) is 23.1. The molecule has 6 heteroatoms. The first-order valence-corrected chi connectivity index (χ1v) is 12.2. The molecule has 5 rings (SSSR count). The number of amides is 1. The second kappa shape index (κ2) is 9.19. The van der Waals surface area contributed by atoms with Gasteiger partial charge in [0.25, 0.3) is 5.91 Å². The Hall–Kier alpha value is -3.64. The molecule has 1 aliphatic heterocycles. The molecule has 3 nitrogen and oxygen atoms in total. The molecule has 1 saturated heterocycles. The summed E-state index contributed by atoms with van der Waals surface area (Å²) in [7, 11) is 0. The zero-order chi connectivity index (χ0) is 24.7. The first-order chi connectivity index (χ1) is 16.9. The lowest BCUT2D eigenvalue weighted by atomic mass is 9.92. The Bertz CT molecular complexity index is 1420. The van der Waals surface area contributed by atoms with Gasteiger partial charge < -0.3 is 4.90 Å². The minimum absolute atomic E-state index is 0.149. The van der Waals surface area contributed by atoms with Gasteiger partial charge in [-0.1, -0.05) is 36.4 Å². The van der Waals surface area contributed by atoms with Gasteiger partial charge in [-0.3, -0.25) is 9.59 Å². The molecule has 0 saturated carbocycles. The van der Waals surface area contributed by atoms with Gasteiger partial charge in [-0.05, 0) is 83.1 Å². The Morgan fingerprint density at radius 3 is 2.11 bits per heavy atom. The second-order valence-electron chi connectivity index (χ2n) is 8.82. The molecule has 0 bridgehead atoms. The summed E-state index contributed by atoms with van der Waals surface area (Å²) in [5.74, 6) is -0.471.